The topological polar surface area (TPSA) is 73.2 Å². The van der Waals surface area contributed by atoms with E-state index in [9.17, 15) is 9.59 Å². The fourth-order valence-corrected chi connectivity index (χ4v) is 3.24. The Labute approximate surface area is 196 Å². The third-order valence-electron chi connectivity index (χ3n) is 6.02. The second-order valence-electron chi connectivity index (χ2n) is 9.45. The number of rotatable bonds is 6. The third kappa shape index (κ3) is 5.51. The third-order valence-corrected chi connectivity index (χ3v) is 6.02. The number of nitrogens with one attached hydrogen (secondary N) is 1. The van der Waals surface area contributed by atoms with E-state index in [0.29, 0.717) is 5.56 Å². The zero-order valence-corrected chi connectivity index (χ0v) is 20.5. The average molecular weight is 448 g/mol. The fourth-order valence-electron chi connectivity index (χ4n) is 3.24. The van der Waals surface area contributed by atoms with E-state index >= 15 is 0 Å². The predicted octanol–water partition coefficient (Wildman–Crippen LogP) is 5.50. The van der Waals surface area contributed by atoms with Crippen molar-refractivity contribution < 1.29 is 14.3 Å². The summed E-state index contributed by atoms with van der Waals surface area (Å²) < 4.78 is 6.88. The van der Waals surface area contributed by atoms with Crippen molar-refractivity contribution in [1.29, 1.82) is 0 Å². The molecule has 3 aromatic rings. The van der Waals surface area contributed by atoms with E-state index in [4.69, 9.17) is 4.74 Å². The van der Waals surface area contributed by atoms with E-state index in [1.165, 1.54) is 5.56 Å². The Kier molecular flexibility index (Phi) is 7.06. The molecule has 1 heterocycles. The molecule has 1 aromatic heterocycles. The minimum Gasteiger partial charge on any atom is -0.461 e. The lowest BCUT2D eigenvalue weighted by Gasteiger charge is -2.28. The lowest BCUT2D eigenvalue weighted by atomic mass is 9.88. The first kappa shape index (κ1) is 24.2. The molecule has 0 aliphatic carbocycles. The standard InChI is InChI=1S/C27H33N3O3/c1-8-33-26(32)23-16-24(21-10-9-17(2)18(3)15-21)30(29-23)22-13-11-20(12-14-22)25(31)28-19(4)27(5,6)7/h9-16,19H,8H2,1-7H3,(H,28,31). The van der Waals surface area contributed by atoms with E-state index in [1.807, 2.05) is 25.1 Å². The van der Waals surface area contributed by atoms with E-state index in [-0.39, 0.29) is 29.7 Å². The molecule has 6 nitrogen and oxygen atoms in total. The Morgan fingerprint density at radius 3 is 2.27 bits per heavy atom. The lowest BCUT2D eigenvalue weighted by molar-refractivity contribution is 0.0518. The van der Waals surface area contributed by atoms with Gasteiger partial charge in [-0.1, -0.05) is 32.9 Å². The van der Waals surface area contributed by atoms with Crippen LogP contribution in [0.5, 0.6) is 0 Å². The van der Waals surface area contributed by atoms with Crippen molar-refractivity contribution >= 4 is 11.9 Å². The number of esters is 1. The molecule has 0 spiro atoms. The zero-order valence-electron chi connectivity index (χ0n) is 20.5. The van der Waals surface area contributed by atoms with E-state index in [0.717, 1.165) is 22.5 Å². The molecule has 0 radical (unpaired) electrons. The normalized spacial score (nSPS) is 12.3. The Morgan fingerprint density at radius 2 is 1.70 bits per heavy atom. The predicted molar refractivity (Wildman–Crippen MR) is 131 cm³/mol. The van der Waals surface area contributed by atoms with Crippen molar-refractivity contribution in [2.75, 3.05) is 6.61 Å². The molecular weight excluding hydrogens is 414 g/mol. The number of nitrogens with zero attached hydrogens (tertiary/aromatic N) is 2. The van der Waals surface area contributed by atoms with Crippen LogP contribution in [0.4, 0.5) is 0 Å². The highest BCUT2D eigenvalue weighted by molar-refractivity contribution is 5.94. The summed E-state index contributed by atoms with van der Waals surface area (Å²) in [5.74, 6) is -0.584. The molecule has 2 aromatic carbocycles. The molecule has 1 N–H and O–H groups in total. The maximum atomic E-state index is 12.7. The molecule has 0 saturated heterocycles. The van der Waals surface area contributed by atoms with Gasteiger partial charge in [-0.05, 0) is 80.6 Å². The minimum absolute atomic E-state index is 0.0271. The first-order chi connectivity index (χ1) is 15.5. The van der Waals surface area contributed by atoms with Crippen molar-refractivity contribution in [2.45, 2.75) is 54.5 Å². The van der Waals surface area contributed by atoms with Gasteiger partial charge in [-0.25, -0.2) is 9.48 Å². The highest BCUT2D eigenvalue weighted by Gasteiger charge is 2.22. The van der Waals surface area contributed by atoms with Crippen LogP contribution in [0.3, 0.4) is 0 Å². The summed E-state index contributed by atoms with van der Waals surface area (Å²) in [6.45, 7) is 14.4. The van der Waals surface area contributed by atoms with Gasteiger partial charge in [0, 0.05) is 17.2 Å². The van der Waals surface area contributed by atoms with Crippen molar-refractivity contribution in [3.8, 4) is 16.9 Å². The molecule has 0 aliphatic rings. The Hall–Kier alpha value is -3.41. The second-order valence-corrected chi connectivity index (χ2v) is 9.45. The smallest absolute Gasteiger partial charge is 0.358 e. The number of hydrogen-bond acceptors (Lipinski definition) is 4. The molecular formula is C27H33N3O3. The summed E-state index contributed by atoms with van der Waals surface area (Å²) in [6, 6.07) is 15.1. The molecule has 0 fully saturated rings. The van der Waals surface area contributed by atoms with E-state index < -0.39 is 5.97 Å². The molecule has 0 aliphatic heterocycles. The molecule has 33 heavy (non-hydrogen) atoms. The summed E-state index contributed by atoms with van der Waals surface area (Å²) in [7, 11) is 0. The zero-order chi connectivity index (χ0) is 24.3. The van der Waals surface area contributed by atoms with Gasteiger partial charge in [0.1, 0.15) is 0 Å². The first-order valence-corrected chi connectivity index (χ1v) is 11.3. The van der Waals surface area contributed by atoms with Gasteiger partial charge < -0.3 is 10.1 Å². The number of aromatic nitrogens is 2. The number of ether oxygens (including phenoxy) is 1. The van der Waals surface area contributed by atoms with Gasteiger partial charge in [0.2, 0.25) is 0 Å². The number of amides is 1. The Balaban J connectivity index is 1.98. The van der Waals surface area contributed by atoms with Crippen LogP contribution < -0.4 is 5.32 Å². The highest BCUT2D eigenvalue weighted by Crippen LogP contribution is 2.27. The summed E-state index contributed by atoms with van der Waals surface area (Å²) >= 11 is 0. The van der Waals surface area contributed by atoms with Crippen LogP contribution in [0.15, 0.2) is 48.5 Å². The quantitative estimate of drug-likeness (QED) is 0.507. The number of carbonyl (C=O) groups excluding carboxylic acids is 2. The van der Waals surface area contributed by atoms with Crippen LogP contribution in [0.25, 0.3) is 16.9 Å². The molecule has 0 saturated carbocycles. The van der Waals surface area contributed by atoms with Crippen LogP contribution in [-0.4, -0.2) is 34.3 Å². The average Bonchev–Trinajstić information content (AvgIpc) is 3.21. The van der Waals surface area contributed by atoms with Crippen LogP contribution in [-0.2, 0) is 4.74 Å². The van der Waals surface area contributed by atoms with Gasteiger partial charge in [-0.15, -0.1) is 0 Å². The molecule has 1 amide bonds. The lowest BCUT2D eigenvalue weighted by Crippen LogP contribution is -2.41. The van der Waals surface area contributed by atoms with Gasteiger partial charge in [0.25, 0.3) is 5.91 Å². The maximum Gasteiger partial charge on any atom is 0.358 e. The van der Waals surface area contributed by atoms with Crippen LogP contribution in [0.2, 0.25) is 0 Å². The minimum atomic E-state index is -0.464. The SMILES string of the molecule is CCOC(=O)c1cc(-c2ccc(C)c(C)c2)n(-c2ccc(C(=O)NC(C)C(C)(C)C)cc2)n1. The Bertz CT molecular complexity index is 1150. The van der Waals surface area contributed by atoms with Gasteiger partial charge in [0.05, 0.1) is 18.0 Å². The van der Waals surface area contributed by atoms with Gasteiger partial charge in [-0.3, -0.25) is 4.79 Å². The molecule has 3 rings (SSSR count). The summed E-state index contributed by atoms with van der Waals surface area (Å²) in [5, 5.41) is 7.58. The van der Waals surface area contributed by atoms with Gasteiger partial charge in [0.15, 0.2) is 5.69 Å². The molecule has 0 bridgehead atoms. The first-order valence-electron chi connectivity index (χ1n) is 11.3. The highest BCUT2D eigenvalue weighted by atomic mass is 16.5. The number of benzene rings is 2. The molecule has 174 valence electrons. The summed E-state index contributed by atoms with van der Waals surface area (Å²) in [4.78, 5) is 25.0. The second kappa shape index (κ2) is 9.61. The van der Waals surface area contributed by atoms with Crippen molar-refractivity contribution in [2.24, 2.45) is 5.41 Å². The van der Waals surface area contributed by atoms with Crippen molar-refractivity contribution in [3.63, 3.8) is 0 Å². The summed E-state index contributed by atoms with van der Waals surface area (Å²) in [5.41, 5.74) is 5.59. The monoisotopic (exact) mass is 447 g/mol. The largest absolute Gasteiger partial charge is 0.461 e. The van der Waals surface area contributed by atoms with Gasteiger partial charge in [-0.2, -0.15) is 5.10 Å². The summed E-state index contributed by atoms with van der Waals surface area (Å²) in [6.07, 6.45) is 0. The van der Waals surface area contributed by atoms with Crippen molar-refractivity contribution in [1.82, 2.24) is 15.1 Å². The molecule has 6 heteroatoms. The van der Waals surface area contributed by atoms with Crippen LogP contribution in [0.1, 0.15) is 66.6 Å². The maximum absolute atomic E-state index is 12.7. The fraction of sp³-hybridized carbons (Fsp3) is 0.370. The van der Waals surface area contributed by atoms with E-state index in [1.54, 1.807) is 29.8 Å². The van der Waals surface area contributed by atoms with Crippen molar-refractivity contribution in [3.05, 3.63) is 70.9 Å². The van der Waals surface area contributed by atoms with Crippen LogP contribution >= 0.6 is 0 Å². The van der Waals surface area contributed by atoms with E-state index in [2.05, 4.69) is 57.2 Å². The van der Waals surface area contributed by atoms with Crippen LogP contribution in [0, 0.1) is 19.3 Å². The number of aryl methyl sites for hydroxylation is 2. The molecule has 1 unspecified atom stereocenters. The van der Waals surface area contributed by atoms with Gasteiger partial charge >= 0.3 is 5.97 Å². The number of carbonyl (C=O) groups is 2. The molecule has 1 atom stereocenters. The Morgan fingerprint density at radius 1 is 1.03 bits per heavy atom. The number of hydrogen-bond donors (Lipinski definition) is 1.